The van der Waals surface area contributed by atoms with Crippen molar-refractivity contribution >= 4 is 6.08 Å². The topological polar surface area (TPSA) is 49.9 Å². The van der Waals surface area contributed by atoms with Crippen LogP contribution in [0.25, 0.3) is 6.08 Å². The minimum Gasteiger partial charge on any atom is -0.382 e. The summed E-state index contributed by atoms with van der Waals surface area (Å²) in [5.41, 5.74) is 3.77. The first-order valence-electron chi connectivity index (χ1n) is 4.58. The van der Waals surface area contributed by atoms with Gasteiger partial charge in [-0.25, -0.2) is 5.48 Å². The Kier molecular flexibility index (Phi) is 3.02. The monoisotopic (exact) mass is 201 g/mol. The van der Waals surface area contributed by atoms with E-state index in [1.807, 2.05) is 36.4 Å². The van der Waals surface area contributed by atoms with Crippen LogP contribution in [0, 0.1) is 0 Å². The highest BCUT2D eigenvalue weighted by Gasteiger charge is 2.01. The number of rotatable bonds is 0. The van der Waals surface area contributed by atoms with Crippen molar-refractivity contribution in [2.75, 3.05) is 0 Å². The molecule has 4 nitrogen and oxygen atoms in total. The van der Waals surface area contributed by atoms with Crippen molar-refractivity contribution < 1.29 is 4.84 Å². The van der Waals surface area contributed by atoms with Crippen LogP contribution in [-0.4, -0.2) is 10.2 Å². The van der Waals surface area contributed by atoms with Crippen molar-refractivity contribution in [1.29, 1.82) is 0 Å². The molecular weight excluding hydrogens is 190 g/mol. The second-order valence-electron chi connectivity index (χ2n) is 2.86. The Labute approximate surface area is 87.5 Å². The summed E-state index contributed by atoms with van der Waals surface area (Å²) in [5.74, 6) is 0.880. The second kappa shape index (κ2) is 4.85. The normalized spacial score (nSPS) is 11.5. The number of hydrogen-bond acceptors (Lipinski definition) is 3. The number of hydroxylamine groups is 1. The summed E-state index contributed by atoms with van der Waals surface area (Å²) in [6.45, 7) is 0. The Hall–Kier alpha value is -2.23. The number of para-hydroxylation sites is 1. The zero-order valence-electron chi connectivity index (χ0n) is 8.05. The first-order valence-corrected chi connectivity index (χ1v) is 4.58. The number of H-pyrrole nitrogens is 1. The van der Waals surface area contributed by atoms with Gasteiger partial charge in [-0.3, -0.25) is 5.10 Å². The van der Waals surface area contributed by atoms with Gasteiger partial charge in [0.05, 0.1) is 0 Å². The van der Waals surface area contributed by atoms with E-state index in [2.05, 4.69) is 15.7 Å². The number of benzene rings is 1. The maximum absolute atomic E-state index is 5.09. The third kappa shape index (κ3) is 2.60. The fraction of sp³-hybridized carbons (Fsp3) is 0. The molecule has 1 aliphatic rings. The molecule has 0 aliphatic carbocycles. The Bertz CT molecular complexity index is 406. The molecule has 2 heterocycles. The largest absolute Gasteiger partial charge is 0.382 e. The zero-order valence-corrected chi connectivity index (χ0v) is 8.05. The molecular formula is C11H11N3O. The van der Waals surface area contributed by atoms with Crippen LogP contribution in [0.15, 0.2) is 48.9 Å². The van der Waals surface area contributed by atoms with Gasteiger partial charge in [0.25, 0.3) is 0 Å². The van der Waals surface area contributed by atoms with E-state index in [9.17, 15) is 0 Å². The first kappa shape index (κ1) is 9.33. The molecule has 0 saturated heterocycles. The van der Waals surface area contributed by atoms with E-state index in [0.29, 0.717) is 0 Å². The van der Waals surface area contributed by atoms with E-state index in [0.717, 1.165) is 11.3 Å². The highest BCUT2D eigenvalue weighted by molar-refractivity contribution is 5.57. The van der Waals surface area contributed by atoms with Crippen LogP contribution >= 0.6 is 0 Å². The van der Waals surface area contributed by atoms with Crippen LogP contribution in [0.2, 0.25) is 0 Å². The smallest absolute Gasteiger partial charge is 0.162 e. The van der Waals surface area contributed by atoms with E-state index < -0.39 is 0 Å². The second-order valence-corrected chi connectivity index (χ2v) is 2.86. The number of aromatic amines is 1. The molecule has 2 N–H and O–H groups in total. The summed E-state index contributed by atoms with van der Waals surface area (Å²) in [4.78, 5) is 5.09. The minimum absolute atomic E-state index is 0.880. The molecule has 0 spiro atoms. The SMILES string of the molecule is C1=Cc2ccccc2ON1.c1cn[nH]c1. The Balaban J connectivity index is 0.000000144. The quantitative estimate of drug-likeness (QED) is 0.685. The maximum atomic E-state index is 5.09. The molecule has 0 amide bonds. The lowest BCUT2D eigenvalue weighted by molar-refractivity contribution is 0.239. The van der Waals surface area contributed by atoms with Crippen LogP contribution in [0.1, 0.15) is 5.56 Å². The number of nitrogens with one attached hydrogen (secondary N) is 2. The zero-order chi connectivity index (χ0) is 10.3. The first-order chi connectivity index (χ1) is 7.47. The number of nitrogens with zero attached hydrogens (tertiary/aromatic N) is 1. The molecule has 1 aliphatic heterocycles. The van der Waals surface area contributed by atoms with E-state index in [1.54, 1.807) is 18.6 Å². The summed E-state index contributed by atoms with van der Waals surface area (Å²) >= 11 is 0. The van der Waals surface area contributed by atoms with Gasteiger partial charge in [0.2, 0.25) is 0 Å². The average Bonchev–Trinajstić information content (AvgIpc) is 2.88. The van der Waals surface area contributed by atoms with Crippen molar-refractivity contribution in [2.45, 2.75) is 0 Å². The summed E-state index contributed by atoms with van der Waals surface area (Å²) in [6.07, 6.45) is 7.20. The number of aromatic nitrogens is 2. The summed E-state index contributed by atoms with van der Waals surface area (Å²) in [5, 5.41) is 6.21. The highest BCUT2D eigenvalue weighted by Crippen LogP contribution is 2.20. The van der Waals surface area contributed by atoms with Gasteiger partial charge in [0, 0.05) is 24.2 Å². The van der Waals surface area contributed by atoms with Gasteiger partial charge in [-0.2, -0.15) is 5.10 Å². The van der Waals surface area contributed by atoms with Crippen LogP contribution in [-0.2, 0) is 0 Å². The molecule has 1 aromatic carbocycles. The van der Waals surface area contributed by atoms with Gasteiger partial charge in [0.15, 0.2) is 5.75 Å². The molecule has 0 bridgehead atoms. The molecule has 0 radical (unpaired) electrons. The predicted molar refractivity (Wildman–Crippen MR) is 57.8 cm³/mol. The molecule has 4 heteroatoms. The molecule has 15 heavy (non-hydrogen) atoms. The van der Waals surface area contributed by atoms with Gasteiger partial charge in [0.1, 0.15) is 0 Å². The number of hydrogen-bond donors (Lipinski definition) is 2. The van der Waals surface area contributed by atoms with Crippen LogP contribution < -0.4 is 10.3 Å². The molecule has 2 aromatic rings. The molecule has 0 unspecified atom stereocenters. The molecule has 0 fully saturated rings. The fourth-order valence-corrected chi connectivity index (χ4v) is 1.15. The third-order valence-corrected chi connectivity index (χ3v) is 1.82. The lowest BCUT2D eigenvalue weighted by Gasteiger charge is -2.11. The molecule has 0 saturated carbocycles. The van der Waals surface area contributed by atoms with Crippen LogP contribution in [0.5, 0.6) is 5.75 Å². The Morgan fingerprint density at radius 2 is 2.07 bits per heavy atom. The lowest BCUT2D eigenvalue weighted by Crippen LogP contribution is -2.13. The molecule has 3 rings (SSSR count). The van der Waals surface area contributed by atoms with Gasteiger partial charge < -0.3 is 4.84 Å². The summed E-state index contributed by atoms with van der Waals surface area (Å²) in [6, 6.07) is 9.69. The highest BCUT2D eigenvalue weighted by atomic mass is 16.6. The summed E-state index contributed by atoms with van der Waals surface area (Å²) < 4.78 is 0. The Morgan fingerprint density at radius 3 is 2.73 bits per heavy atom. The van der Waals surface area contributed by atoms with Crippen LogP contribution in [0.4, 0.5) is 0 Å². The molecule has 0 atom stereocenters. The standard InChI is InChI=1S/C8H7NO.C3H4N2/c1-2-4-8-7(3-1)5-6-9-10-8;1-2-4-5-3-1/h1-6,9H;1-3H,(H,4,5). The van der Waals surface area contributed by atoms with Gasteiger partial charge >= 0.3 is 0 Å². The summed E-state index contributed by atoms with van der Waals surface area (Å²) in [7, 11) is 0. The van der Waals surface area contributed by atoms with E-state index in [4.69, 9.17) is 4.84 Å². The van der Waals surface area contributed by atoms with Crippen LogP contribution in [0.3, 0.4) is 0 Å². The van der Waals surface area contributed by atoms with Crippen molar-refractivity contribution in [3.63, 3.8) is 0 Å². The lowest BCUT2D eigenvalue weighted by atomic mass is 10.2. The number of fused-ring (bicyclic) bond motifs is 1. The minimum atomic E-state index is 0.880. The van der Waals surface area contributed by atoms with Gasteiger partial charge in [-0.05, 0) is 18.2 Å². The fourth-order valence-electron chi connectivity index (χ4n) is 1.15. The van der Waals surface area contributed by atoms with E-state index in [-0.39, 0.29) is 0 Å². The van der Waals surface area contributed by atoms with E-state index in [1.165, 1.54) is 0 Å². The average molecular weight is 201 g/mol. The van der Waals surface area contributed by atoms with Gasteiger partial charge in [-0.1, -0.05) is 18.2 Å². The maximum Gasteiger partial charge on any atom is 0.162 e. The van der Waals surface area contributed by atoms with Crippen molar-refractivity contribution in [2.24, 2.45) is 0 Å². The van der Waals surface area contributed by atoms with Crippen molar-refractivity contribution in [3.05, 3.63) is 54.5 Å². The van der Waals surface area contributed by atoms with Crippen molar-refractivity contribution in [3.8, 4) is 5.75 Å². The van der Waals surface area contributed by atoms with Crippen molar-refractivity contribution in [1.82, 2.24) is 15.7 Å². The predicted octanol–water partition coefficient (Wildman–Crippen LogP) is 1.96. The molecule has 76 valence electrons. The third-order valence-electron chi connectivity index (χ3n) is 1.82. The molecule has 1 aromatic heterocycles. The Morgan fingerprint density at radius 1 is 1.13 bits per heavy atom. The van der Waals surface area contributed by atoms with E-state index >= 15 is 0 Å². The van der Waals surface area contributed by atoms with Gasteiger partial charge in [-0.15, -0.1) is 0 Å².